The predicted octanol–water partition coefficient (Wildman–Crippen LogP) is 4.69. The molecule has 0 amide bonds. The van der Waals surface area contributed by atoms with Crippen LogP contribution >= 0.6 is 15.9 Å². The van der Waals surface area contributed by atoms with Gasteiger partial charge in [-0.3, -0.25) is 0 Å². The number of halogens is 1. The molecule has 1 N–H and O–H groups in total. The number of anilines is 1. The van der Waals surface area contributed by atoms with Crippen molar-refractivity contribution in [2.75, 3.05) is 25.6 Å². The number of benzene rings is 2. The molecule has 3 rings (SSSR count). The molecule has 2 aromatic carbocycles. The zero-order valence-corrected chi connectivity index (χ0v) is 18.0. The molecular formula is C20H21BrN2O4S. The fraction of sp³-hybridized carbons (Fsp3) is 0.250. The first kappa shape index (κ1) is 20.6. The topological polar surface area (TPSA) is 81.4 Å². The van der Waals surface area contributed by atoms with Crippen LogP contribution in [0.1, 0.15) is 12.0 Å². The Morgan fingerprint density at radius 1 is 1.11 bits per heavy atom. The van der Waals surface area contributed by atoms with E-state index >= 15 is 0 Å². The van der Waals surface area contributed by atoms with Crippen LogP contribution in [0.25, 0.3) is 11.5 Å². The summed E-state index contributed by atoms with van der Waals surface area (Å²) < 4.78 is 37.9. The van der Waals surface area contributed by atoms with Crippen molar-refractivity contribution in [2.45, 2.75) is 23.3 Å². The molecule has 0 fully saturated rings. The third kappa shape index (κ3) is 4.63. The lowest BCUT2D eigenvalue weighted by Crippen LogP contribution is -2.09. The first-order chi connectivity index (χ1) is 13.4. The predicted molar refractivity (Wildman–Crippen MR) is 111 cm³/mol. The van der Waals surface area contributed by atoms with Crippen molar-refractivity contribution in [2.24, 2.45) is 0 Å². The fourth-order valence-corrected chi connectivity index (χ4v) is 4.11. The van der Waals surface area contributed by atoms with Gasteiger partial charge in [-0.15, -0.1) is 0 Å². The highest BCUT2D eigenvalue weighted by Crippen LogP contribution is 2.32. The highest BCUT2D eigenvalue weighted by Gasteiger charge is 2.28. The number of hydrogen-bond acceptors (Lipinski definition) is 6. The number of nitrogens with one attached hydrogen (secondary N) is 1. The number of sulfone groups is 1. The van der Waals surface area contributed by atoms with Crippen LogP contribution in [0.15, 0.2) is 67.3 Å². The number of nitrogens with zero attached hydrogens (tertiary/aromatic N) is 1. The third-order valence-corrected chi connectivity index (χ3v) is 6.29. The van der Waals surface area contributed by atoms with Gasteiger partial charge in [0.05, 0.1) is 4.90 Å². The van der Waals surface area contributed by atoms with Crippen molar-refractivity contribution in [1.82, 2.24) is 4.98 Å². The molecule has 0 unspecified atom stereocenters. The van der Waals surface area contributed by atoms with Crippen LogP contribution in [0.3, 0.4) is 0 Å². The summed E-state index contributed by atoms with van der Waals surface area (Å²) in [6, 6.07) is 14.0. The normalized spacial score (nSPS) is 11.5. The van der Waals surface area contributed by atoms with Gasteiger partial charge in [-0.05, 0) is 49.7 Å². The van der Waals surface area contributed by atoms with Crippen LogP contribution in [0.5, 0.6) is 0 Å². The van der Waals surface area contributed by atoms with Gasteiger partial charge in [0.1, 0.15) is 0 Å². The number of methoxy groups -OCH3 is 1. The smallest absolute Gasteiger partial charge is 0.233 e. The first-order valence-corrected chi connectivity index (χ1v) is 11.0. The van der Waals surface area contributed by atoms with E-state index in [2.05, 4.69) is 26.2 Å². The van der Waals surface area contributed by atoms with E-state index in [4.69, 9.17) is 9.15 Å². The molecule has 1 aromatic heterocycles. The van der Waals surface area contributed by atoms with E-state index in [0.29, 0.717) is 25.1 Å². The van der Waals surface area contributed by atoms with Gasteiger partial charge in [0.2, 0.25) is 26.6 Å². The van der Waals surface area contributed by atoms with E-state index in [0.717, 1.165) is 10.0 Å². The molecule has 0 spiro atoms. The molecule has 0 saturated heterocycles. The number of ether oxygens (including phenoxy) is 1. The first-order valence-electron chi connectivity index (χ1n) is 8.73. The van der Waals surface area contributed by atoms with E-state index in [1.165, 1.54) is 12.1 Å². The second-order valence-corrected chi connectivity index (χ2v) is 9.03. The Kier molecular flexibility index (Phi) is 6.53. The molecule has 0 radical (unpaired) electrons. The maximum Gasteiger partial charge on any atom is 0.233 e. The van der Waals surface area contributed by atoms with Gasteiger partial charge in [0.15, 0.2) is 0 Å². The number of rotatable bonds is 8. The Hall–Kier alpha value is -2.16. The van der Waals surface area contributed by atoms with E-state index < -0.39 is 9.84 Å². The van der Waals surface area contributed by atoms with Gasteiger partial charge in [0, 0.05) is 30.3 Å². The summed E-state index contributed by atoms with van der Waals surface area (Å²) in [5.41, 5.74) is 1.80. The summed E-state index contributed by atoms with van der Waals surface area (Å²) in [7, 11) is -2.23. The highest BCUT2D eigenvalue weighted by molar-refractivity contribution is 9.10. The maximum absolute atomic E-state index is 13.2. The van der Waals surface area contributed by atoms with Crippen molar-refractivity contribution in [1.29, 1.82) is 0 Å². The standard InChI is InChI=1S/C20H21BrN2O4S/c1-14-4-6-15(7-5-14)18-23-20(19(27-18)22-12-3-13-26-2)28(24,25)17-10-8-16(21)9-11-17/h4-11,22H,3,12-13H2,1-2H3. The second-order valence-electron chi connectivity index (χ2n) is 6.25. The van der Waals surface area contributed by atoms with E-state index in [1.807, 2.05) is 31.2 Å². The molecule has 0 bridgehead atoms. The van der Waals surface area contributed by atoms with Gasteiger partial charge in [-0.1, -0.05) is 33.6 Å². The SMILES string of the molecule is COCCCNc1oc(-c2ccc(C)cc2)nc1S(=O)(=O)c1ccc(Br)cc1. The Morgan fingerprint density at radius 3 is 2.43 bits per heavy atom. The zero-order valence-electron chi connectivity index (χ0n) is 15.6. The van der Waals surface area contributed by atoms with Crippen LogP contribution in [0.2, 0.25) is 0 Å². The van der Waals surface area contributed by atoms with Crippen LogP contribution in [0.4, 0.5) is 5.88 Å². The Labute approximate surface area is 173 Å². The minimum atomic E-state index is -3.84. The molecule has 6 nitrogen and oxygen atoms in total. The fourth-order valence-electron chi connectivity index (χ4n) is 2.56. The molecule has 28 heavy (non-hydrogen) atoms. The maximum atomic E-state index is 13.2. The molecule has 148 valence electrons. The Morgan fingerprint density at radius 2 is 1.79 bits per heavy atom. The van der Waals surface area contributed by atoms with Crippen molar-refractivity contribution in [3.63, 3.8) is 0 Å². The monoisotopic (exact) mass is 464 g/mol. The Bertz CT molecular complexity index is 1030. The van der Waals surface area contributed by atoms with Gasteiger partial charge < -0.3 is 14.5 Å². The molecule has 0 aliphatic rings. The lowest BCUT2D eigenvalue weighted by Gasteiger charge is -2.06. The van der Waals surface area contributed by atoms with Gasteiger partial charge in [0.25, 0.3) is 0 Å². The van der Waals surface area contributed by atoms with Crippen LogP contribution in [-0.4, -0.2) is 33.7 Å². The van der Waals surface area contributed by atoms with Crippen LogP contribution < -0.4 is 5.32 Å². The van der Waals surface area contributed by atoms with Crippen molar-refractivity contribution in [3.8, 4) is 11.5 Å². The lowest BCUT2D eigenvalue weighted by molar-refractivity contribution is 0.197. The summed E-state index contributed by atoms with van der Waals surface area (Å²) in [4.78, 5) is 4.47. The molecule has 0 aliphatic carbocycles. The summed E-state index contributed by atoms with van der Waals surface area (Å²) in [5, 5.41) is 2.92. The lowest BCUT2D eigenvalue weighted by atomic mass is 10.1. The quantitative estimate of drug-likeness (QED) is 0.486. The van der Waals surface area contributed by atoms with Gasteiger partial charge >= 0.3 is 0 Å². The molecular weight excluding hydrogens is 444 g/mol. The van der Waals surface area contributed by atoms with Crippen LogP contribution in [-0.2, 0) is 14.6 Å². The van der Waals surface area contributed by atoms with Crippen molar-refractivity contribution < 1.29 is 17.6 Å². The molecule has 0 aliphatic heterocycles. The van der Waals surface area contributed by atoms with Crippen molar-refractivity contribution in [3.05, 3.63) is 58.6 Å². The minimum Gasteiger partial charge on any atom is -0.419 e. The second kappa shape index (κ2) is 8.89. The van der Waals surface area contributed by atoms with Gasteiger partial charge in [-0.2, -0.15) is 4.98 Å². The molecule has 8 heteroatoms. The third-order valence-electron chi connectivity index (χ3n) is 4.08. The summed E-state index contributed by atoms with van der Waals surface area (Å²) in [5.74, 6) is 0.388. The number of hydrogen-bond donors (Lipinski definition) is 1. The molecule has 3 aromatic rings. The molecule has 0 atom stereocenters. The number of aryl methyl sites for hydroxylation is 1. The Balaban J connectivity index is 2.01. The molecule has 0 saturated carbocycles. The number of aromatic nitrogens is 1. The van der Waals surface area contributed by atoms with E-state index in [9.17, 15) is 8.42 Å². The molecule has 1 heterocycles. The largest absolute Gasteiger partial charge is 0.419 e. The summed E-state index contributed by atoms with van der Waals surface area (Å²) >= 11 is 3.32. The van der Waals surface area contributed by atoms with Crippen LogP contribution in [0, 0.1) is 6.92 Å². The van der Waals surface area contributed by atoms with Crippen molar-refractivity contribution >= 4 is 31.7 Å². The van der Waals surface area contributed by atoms with E-state index in [1.54, 1.807) is 19.2 Å². The average Bonchev–Trinajstić information content (AvgIpc) is 3.11. The average molecular weight is 465 g/mol. The minimum absolute atomic E-state index is 0.122. The zero-order chi connectivity index (χ0) is 20.1. The van der Waals surface area contributed by atoms with E-state index in [-0.39, 0.29) is 21.7 Å². The number of oxazole rings is 1. The van der Waals surface area contributed by atoms with Gasteiger partial charge in [-0.25, -0.2) is 8.42 Å². The summed E-state index contributed by atoms with van der Waals surface area (Å²) in [6.45, 7) is 3.03. The summed E-state index contributed by atoms with van der Waals surface area (Å²) in [6.07, 6.45) is 0.703. The highest BCUT2D eigenvalue weighted by atomic mass is 79.9.